The SMILES string of the molecule is CC(C)(C)NCCC(=O)Nc1c([N+](=O)[O-])ccc(F)c1F. The van der Waals surface area contributed by atoms with Crippen molar-refractivity contribution in [1.82, 2.24) is 5.32 Å². The molecule has 21 heavy (non-hydrogen) atoms. The van der Waals surface area contributed by atoms with Gasteiger partial charge in [0.05, 0.1) is 4.92 Å². The second-order valence-electron chi connectivity index (χ2n) is 5.49. The minimum absolute atomic E-state index is 0.0234. The number of rotatable bonds is 5. The van der Waals surface area contributed by atoms with E-state index in [1.165, 1.54) is 0 Å². The van der Waals surface area contributed by atoms with Crippen molar-refractivity contribution in [2.45, 2.75) is 32.7 Å². The maximum absolute atomic E-state index is 13.6. The van der Waals surface area contributed by atoms with Gasteiger partial charge in [-0.05, 0) is 26.8 Å². The van der Waals surface area contributed by atoms with E-state index in [9.17, 15) is 23.7 Å². The summed E-state index contributed by atoms with van der Waals surface area (Å²) in [6, 6.07) is 1.45. The first-order valence-electron chi connectivity index (χ1n) is 6.29. The summed E-state index contributed by atoms with van der Waals surface area (Å²) in [6.45, 7) is 6.02. The number of nitrogens with zero attached hydrogens (tertiary/aromatic N) is 1. The van der Waals surface area contributed by atoms with Gasteiger partial charge in [-0.15, -0.1) is 0 Å². The van der Waals surface area contributed by atoms with E-state index in [4.69, 9.17) is 0 Å². The smallest absolute Gasteiger partial charge is 0.296 e. The molecule has 0 heterocycles. The average molecular weight is 301 g/mol. The van der Waals surface area contributed by atoms with E-state index >= 15 is 0 Å². The third-order valence-electron chi connectivity index (χ3n) is 2.54. The molecule has 0 aliphatic carbocycles. The van der Waals surface area contributed by atoms with Gasteiger partial charge >= 0.3 is 0 Å². The number of carbonyl (C=O) groups is 1. The summed E-state index contributed by atoms with van der Waals surface area (Å²) in [5.41, 5.74) is -1.64. The molecule has 8 heteroatoms. The monoisotopic (exact) mass is 301 g/mol. The quantitative estimate of drug-likeness (QED) is 0.646. The summed E-state index contributed by atoms with van der Waals surface area (Å²) in [5, 5.41) is 15.9. The molecule has 2 N–H and O–H groups in total. The summed E-state index contributed by atoms with van der Waals surface area (Å²) >= 11 is 0. The van der Waals surface area contributed by atoms with Crippen LogP contribution in [0.25, 0.3) is 0 Å². The van der Waals surface area contributed by atoms with Crippen molar-refractivity contribution in [2.75, 3.05) is 11.9 Å². The second kappa shape index (κ2) is 6.57. The van der Waals surface area contributed by atoms with Crippen LogP contribution in [0, 0.1) is 21.7 Å². The lowest BCUT2D eigenvalue weighted by Gasteiger charge is -2.20. The molecule has 0 aliphatic heterocycles. The topological polar surface area (TPSA) is 84.3 Å². The van der Waals surface area contributed by atoms with Crippen LogP contribution in [0.15, 0.2) is 12.1 Å². The molecule has 0 atom stereocenters. The van der Waals surface area contributed by atoms with Crippen LogP contribution in [0.1, 0.15) is 27.2 Å². The zero-order valence-electron chi connectivity index (χ0n) is 12.0. The van der Waals surface area contributed by atoms with Gasteiger partial charge in [0.2, 0.25) is 5.91 Å². The third-order valence-corrected chi connectivity index (χ3v) is 2.54. The van der Waals surface area contributed by atoms with Crippen LogP contribution in [-0.2, 0) is 4.79 Å². The highest BCUT2D eigenvalue weighted by Gasteiger charge is 2.23. The number of nitro benzene ring substituents is 1. The van der Waals surface area contributed by atoms with Crippen molar-refractivity contribution in [3.63, 3.8) is 0 Å². The van der Waals surface area contributed by atoms with E-state index in [-0.39, 0.29) is 12.0 Å². The van der Waals surface area contributed by atoms with Gasteiger partial charge < -0.3 is 10.6 Å². The van der Waals surface area contributed by atoms with Crippen LogP contribution in [0.5, 0.6) is 0 Å². The normalized spacial score (nSPS) is 11.3. The second-order valence-corrected chi connectivity index (χ2v) is 5.49. The van der Waals surface area contributed by atoms with E-state index < -0.39 is 33.8 Å². The lowest BCUT2D eigenvalue weighted by molar-refractivity contribution is -0.384. The predicted molar refractivity (Wildman–Crippen MR) is 74.0 cm³/mol. The Bertz CT molecular complexity index is 556. The first-order chi connectivity index (χ1) is 9.61. The average Bonchev–Trinajstić information content (AvgIpc) is 2.33. The minimum atomic E-state index is -1.44. The molecule has 0 unspecified atom stereocenters. The molecule has 1 rings (SSSR count). The van der Waals surface area contributed by atoms with Gasteiger partial charge in [-0.25, -0.2) is 8.78 Å². The van der Waals surface area contributed by atoms with Gasteiger partial charge in [0.25, 0.3) is 5.69 Å². The zero-order chi connectivity index (χ0) is 16.2. The van der Waals surface area contributed by atoms with E-state index in [1.54, 1.807) is 0 Å². The number of amides is 1. The van der Waals surface area contributed by atoms with Gasteiger partial charge in [0.15, 0.2) is 17.3 Å². The Hall–Kier alpha value is -2.09. The molecule has 0 saturated heterocycles. The highest BCUT2D eigenvalue weighted by molar-refractivity contribution is 5.93. The first kappa shape index (κ1) is 17.0. The number of benzene rings is 1. The van der Waals surface area contributed by atoms with Gasteiger partial charge in [-0.3, -0.25) is 14.9 Å². The molecule has 1 aromatic rings. The van der Waals surface area contributed by atoms with E-state index in [2.05, 4.69) is 10.6 Å². The molecule has 6 nitrogen and oxygen atoms in total. The summed E-state index contributed by atoms with van der Waals surface area (Å²) < 4.78 is 26.7. The van der Waals surface area contributed by atoms with Gasteiger partial charge in [-0.2, -0.15) is 0 Å². The van der Waals surface area contributed by atoms with Crippen LogP contribution in [-0.4, -0.2) is 22.9 Å². The molecule has 0 saturated carbocycles. The number of hydrogen-bond acceptors (Lipinski definition) is 4. The van der Waals surface area contributed by atoms with Crippen LogP contribution in [0.2, 0.25) is 0 Å². The van der Waals surface area contributed by atoms with Crippen LogP contribution >= 0.6 is 0 Å². The molecule has 1 amide bonds. The van der Waals surface area contributed by atoms with Crippen molar-refractivity contribution in [1.29, 1.82) is 0 Å². The van der Waals surface area contributed by atoms with Crippen LogP contribution < -0.4 is 10.6 Å². The predicted octanol–water partition coefficient (Wildman–Crippen LogP) is 2.59. The lowest BCUT2D eigenvalue weighted by Crippen LogP contribution is -2.37. The Morgan fingerprint density at radius 1 is 1.33 bits per heavy atom. The standard InChI is InChI=1S/C13H17F2N3O3/c1-13(2,3)16-7-6-10(19)17-12-9(18(20)21)5-4-8(14)11(12)15/h4-5,16H,6-7H2,1-3H3,(H,17,19). The maximum atomic E-state index is 13.6. The third kappa shape index (κ3) is 5.07. The Morgan fingerprint density at radius 2 is 1.95 bits per heavy atom. The Balaban J connectivity index is 2.80. The fraction of sp³-hybridized carbons (Fsp3) is 0.462. The largest absolute Gasteiger partial charge is 0.318 e. The summed E-state index contributed by atoms with van der Waals surface area (Å²) in [6.07, 6.45) is -0.0234. The highest BCUT2D eigenvalue weighted by Crippen LogP contribution is 2.29. The molecule has 0 radical (unpaired) electrons. The van der Waals surface area contributed by atoms with Crippen molar-refractivity contribution < 1.29 is 18.5 Å². The van der Waals surface area contributed by atoms with Gasteiger partial charge in [0.1, 0.15) is 0 Å². The Labute approximate surface area is 120 Å². The number of hydrogen-bond donors (Lipinski definition) is 2. The highest BCUT2D eigenvalue weighted by atomic mass is 19.2. The Morgan fingerprint density at radius 3 is 2.48 bits per heavy atom. The number of nitro groups is 1. The summed E-state index contributed by atoms with van der Waals surface area (Å²) in [7, 11) is 0. The van der Waals surface area contributed by atoms with Crippen molar-refractivity contribution in [3.05, 3.63) is 33.9 Å². The summed E-state index contributed by atoms with van der Waals surface area (Å²) in [4.78, 5) is 21.6. The molecule has 1 aromatic carbocycles. The minimum Gasteiger partial charge on any atom is -0.318 e. The maximum Gasteiger partial charge on any atom is 0.296 e. The van der Waals surface area contributed by atoms with Crippen molar-refractivity contribution in [3.8, 4) is 0 Å². The molecule has 0 bridgehead atoms. The zero-order valence-corrected chi connectivity index (χ0v) is 12.0. The number of halogens is 2. The Kier molecular flexibility index (Phi) is 5.31. The molecule has 0 fully saturated rings. The molecular weight excluding hydrogens is 284 g/mol. The van der Waals surface area contributed by atoms with Gasteiger partial charge in [-0.1, -0.05) is 0 Å². The fourth-order valence-electron chi connectivity index (χ4n) is 1.56. The number of nitrogens with one attached hydrogen (secondary N) is 2. The molecule has 0 aliphatic rings. The van der Waals surface area contributed by atoms with E-state index in [1.807, 2.05) is 20.8 Å². The summed E-state index contributed by atoms with van der Waals surface area (Å²) in [5.74, 6) is -3.34. The number of carbonyl (C=O) groups excluding carboxylic acids is 1. The molecule has 0 aromatic heterocycles. The first-order valence-corrected chi connectivity index (χ1v) is 6.29. The fourth-order valence-corrected chi connectivity index (χ4v) is 1.56. The van der Waals surface area contributed by atoms with Crippen molar-refractivity contribution in [2.24, 2.45) is 0 Å². The van der Waals surface area contributed by atoms with Crippen LogP contribution in [0.3, 0.4) is 0 Å². The van der Waals surface area contributed by atoms with E-state index in [0.717, 1.165) is 6.07 Å². The molecular formula is C13H17F2N3O3. The molecule has 0 spiro atoms. The molecule has 116 valence electrons. The van der Waals surface area contributed by atoms with Crippen molar-refractivity contribution >= 4 is 17.3 Å². The lowest BCUT2D eigenvalue weighted by atomic mass is 10.1. The van der Waals surface area contributed by atoms with Gasteiger partial charge in [0, 0.05) is 24.6 Å². The van der Waals surface area contributed by atoms with E-state index in [0.29, 0.717) is 12.6 Å². The van der Waals surface area contributed by atoms with Crippen LogP contribution in [0.4, 0.5) is 20.2 Å². The number of anilines is 1.